The van der Waals surface area contributed by atoms with Crippen LogP contribution in [0.15, 0.2) is 16.7 Å². The van der Waals surface area contributed by atoms with E-state index < -0.39 is 18.4 Å². The van der Waals surface area contributed by atoms with Crippen molar-refractivity contribution in [1.29, 1.82) is 0 Å². The fourth-order valence-corrected chi connectivity index (χ4v) is 0.986. The first-order valence-electron chi connectivity index (χ1n) is 2.93. The predicted octanol–water partition coefficient (Wildman–Crippen LogP) is -0.958. The molecule has 0 amide bonds. The van der Waals surface area contributed by atoms with Crippen molar-refractivity contribution in [2.75, 3.05) is 0 Å². The van der Waals surface area contributed by atoms with E-state index in [9.17, 15) is 17.3 Å². The number of aromatic nitrogens is 1. The molecule has 0 saturated carbocycles. The van der Waals surface area contributed by atoms with E-state index in [0.717, 1.165) is 12.1 Å². The molecule has 0 bridgehead atoms. The average molecular weight is 282 g/mol. The van der Waals surface area contributed by atoms with Gasteiger partial charge in [-0.3, -0.25) is 4.98 Å². The summed E-state index contributed by atoms with van der Waals surface area (Å²) in [6.07, 6.45) is 0. The topological polar surface area (TPSA) is 12.9 Å². The Labute approximate surface area is 123 Å². The molecule has 0 unspecified atom stereocenters. The molecule has 0 N–H and O–H groups in total. The predicted molar refractivity (Wildman–Crippen MR) is 40.6 cm³/mol. The van der Waals surface area contributed by atoms with Crippen molar-refractivity contribution in [2.24, 2.45) is 0 Å². The summed E-state index contributed by atoms with van der Waals surface area (Å²) < 4.78 is 48.4. The summed E-state index contributed by atoms with van der Waals surface area (Å²) in [6, 6.07) is 1.84. The molecule has 13 heavy (non-hydrogen) atoms. The second-order valence-electron chi connectivity index (χ2n) is 2.08. The first-order chi connectivity index (χ1) is 5.41. The van der Waals surface area contributed by atoms with Gasteiger partial charge in [-0.15, -0.1) is 0 Å². The zero-order valence-corrected chi connectivity index (χ0v) is 11.3. The average Bonchev–Trinajstić information content (AvgIpc) is 1.92. The van der Waals surface area contributed by atoms with Crippen LogP contribution in [0.4, 0.5) is 17.3 Å². The SMILES string of the molecule is Fc1ccc(Br)nc1[B-](F)(F)F.[K+]. The minimum absolute atomic E-state index is 0. The van der Waals surface area contributed by atoms with Crippen LogP contribution in [0.2, 0.25) is 0 Å². The molecule has 1 rings (SSSR count). The van der Waals surface area contributed by atoms with Crippen molar-refractivity contribution < 1.29 is 68.7 Å². The molecule has 1 aromatic rings. The molecule has 8 heteroatoms. The zero-order valence-electron chi connectivity index (χ0n) is 6.57. The molecule has 0 fully saturated rings. The summed E-state index contributed by atoms with van der Waals surface area (Å²) in [5, 5.41) is 0. The monoisotopic (exact) mass is 281 g/mol. The maximum absolute atomic E-state index is 12.5. The van der Waals surface area contributed by atoms with Crippen LogP contribution in [0.3, 0.4) is 0 Å². The van der Waals surface area contributed by atoms with Crippen molar-refractivity contribution in [3.05, 3.63) is 22.6 Å². The summed E-state index contributed by atoms with van der Waals surface area (Å²) >= 11 is 2.72. The van der Waals surface area contributed by atoms with Gasteiger partial charge in [0.25, 0.3) is 0 Å². The Morgan fingerprint density at radius 2 is 1.77 bits per heavy atom. The molecule has 0 aliphatic carbocycles. The van der Waals surface area contributed by atoms with E-state index >= 15 is 0 Å². The molecule has 0 aliphatic heterocycles. The Balaban J connectivity index is 0.00000144. The zero-order chi connectivity index (χ0) is 9.35. The maximum Gasteiger partial charge on any atom is 1.00 e. The standard InChI is InChI=1S/C5H2BBrF4N.K/c7-4-2-1-3(8)5(12-4)6(9,10)11;/h1-2H;/q-1;+1. The van der Waals surface area contributed by atoms with Crippen LogP contribution in [-0.2, 0) is 0 Å². The van der Waals surface area contributed by atoms with E-state index in [1.54, 1.807) is 0 Å². The Kier molecular flexibility index (Phi) is 5.64. The van der Waals surface area contributed by atoms with Gasteiger partial charge >= 0.3 is 58.4 Å². The first-order valence-corrected chi connectivity index (χ1v) is 3.72. The van der Waals surface area contributed by atoms with Gasteiger partial charge in [-0.05, 0) is 28.1 Å². The quantitative estimate of drug-likeness (QED) is 0.367. The summed E-state index contributed by atoms with van der Waals surface area (Å²) in [5.74, 6) is -1.34. The minimum atomic E-state index is -5.36. The molecular formula is C5H2BBrF4KN. The van der Waals surface area contributed by atoms with Gasteiger partial charge in [0.15, 0.2) is 0 Å². The third-order valence-electron chi connectivity index (χ3n) is 1.15. The normalized spacial score (nSPS) is 10.8. The molecule has 0 spiro atoms. The Morgan fingerprint density at radius 3 is 2.15 bits per heavy atom. The summed E-state index contributed by atoms with van der Waals surface area (Å²) in [5.41, 5.74) is -1.44. The Morgan fingerprint density at radius 1 is 1.23 bits per heavy atom. The summed E-state index contributed by atoms with van der Waals surface area (Å²) in [4.78, 5) is 2.99. The van der Waals surface area contributed by atoms with Gasteiger partial charge in [0, 0.05) is 5.59 Å². The molecule has 0 atom stereocenters. The number of nitrogens with zero attached hydrogens (tertiary/aromatic N) is 1. The number of pyridine rings is 1. The van der Waals surface area contributed by atoms with Crippen LogP contribution < -0.4 is 57.0 Å². The van der Waals surface area contributed by atoms with E-state index in [1.165, 1.54) is 0 Å². The molecule has 1 nitrogen and oxygen atoms in total. The number of halogens is 5. The smallest absolute Gasteiger partial charge is 0.444 e. The van der Waals surface area contributed by atoms with Crippen LogP contribution in [-0.4, -0.2) is 12.0 Å². The Hall–Kier alpha value is 1.05. The van der Waals surface area contributed by atoms with Gasteiger partial charge in [-0.2, -0.15) is 0 Å². The largest absolute Gasteiger partial charge is 1.00 e. The van der Waals surface area contributed by atoms with E-state index in [4.69, 9.17) is 0 Å². The molecular weight excluding hydrogens is 280 g/mol. The van der Waals surface area contributed by atoms with Crippen LogP contribution in [0, 0.1) is 5.82 Å². The fourth-order valence-electron chi connectivity index (χ4n) is 0.663. The minimum Gasteiger partial charge on any atom is -0.444 e. The molecule has 0 radical (unpaired) electrons. The van der Waals surface area contributed by atoms with Gasteiger partial charge < -0.3 is 12.9 Å². The second-order valence-corrected chi connectivity index (χ2v) is 2.89. The fraction of sp³-hybridized carbons (Fsp3) is 0. The van der Waals surface area contributed by atoms with Crippen LogP contribution in [0.1, 0.15) is 0 Å². The molecule has 0 aliphatic rings. The van der Waals surface area contributed by atoms with Crippen LogP contribution >= 0.6 is 15.9 Å². The summed E-state index contributed by atoms with van der Waals surface area (Å²) in [7, 11) is 0. The number of hydrogen-bond donors (Lipinski definition) is 0. The van der Waals surface area contributed by atoms with Gasteiger partial charge in [-0.25, -0.2) is 4.39 Å². The molecule has 1 aromatic heterocycles. The van der Waals surface area contributed by atoms with E-state index in [1.807, 2.05) is 0 Å². The van der Waals surface area contributed by atoms with E-state index in [0.29, 0.717) is 0 Å². The van der Waals surface area contributed by atoms with Gasteiger partial charge in [0.1, 0.15) is 10.4 Å². The van der Waals surface area contributed by atoms with Crippen molar-refractivity contribution >= 4 is 28.5 Å². The van der Waals surface area contributed by atoms with Crippen molar-refractivity contribution in [3.63, 3.8) is 0 Å². The van der Waals surface area contributed by atoms with Crippen molar-refractivity contribution in [1.82, 2.24) is 4.98 Å². The third kappa shape index (κ3) is 3.96. The van der Waals surface area contributed by atoms with E-state index in [2.05, 4.69) is 20.9 Å². The Bertz CT molecular complexity index is 305. The number of rotatable bonds is 1. The van der Waals surface area contributed by atoms with Gasteiger partial charge in [0.05, 0.1) is 0 Å². The van der Waals surface area contributed by atoms with Crippen molar-refractivity contribution in [2.45, 2.75) is 0 Å². The molecule has 0 saturated heterocycles. The van der Waals surface area contributed by atoms with Crippen LogP contribution in [0.5, 0.6) is 0 Å². The first kappa shape index (κ1) is 14.1. The van der Waals surface area contributed by atoms with E-state index in [-0.39, 0.29) is 56.0 Å². The number of hydrogen-bond acceptors (Lipinski definition) is 1. The molecule has 66 valence electrons. The van der Waals surface area contributed by atoms with Gasteiger partial charge in [-0.1, -0.05) is 0 Å². The van der Waals surface area contributed by atoms with Crippen LogP contribution in [0.25, 0.3) is 0 Å². The molecule has 1 heterocycles. The maximum atomic E-state index is 12.5. The molecule has 0 aromatic carbocycles. The summed E-state index contributed by atoms with van der Waals surface area (Å²) in [6.45, 7) is -5.36. The third-order valence-corrected chi connectivity index (χ3v) is 1.59. The second kappa shape index (κ2) is 5.22. The van der Waals surface area contributed by atoms with Crippen molar-refractivity contribution in [3.8, 4) is 0 Å². The van der Waals surface area contributed by atoms with Gasteiger partial charge in [0.2, 0.25) is 0 Å².